The van der Waals surface area contributed by atoms with Crippen molar-refractivity contribution in [2.75, 3.05) is 0 Å². The lowest BCUT2D eigenvalue weighted by Gasteiger charge is -2.27. The second kappa shape index (κ2) is 6.71. The van der Waals surface area contributed by atoms with Crippen molar-refractivity contribution in [3.05, 3.63) is 35.4 Å². The molecule has 2 unspecified atom stereocenters. The molecule has 1 aromatic rings. The van der Waals surface area contributed by atoms with Crippen molar-refractivity contribution in [2.24, 2.45) is 11.7 Å². The smallest absolute Gasteiger partial charge is 0.224 e. The predicted molar refractivity (Wildman–Crippen MR) is 77.6 cm³/mol. The number of rotatable bonds is 4. The number of amides is 1. The van der Waals surface area contributed by atoms with Gasteiger partial charge in [-0.3, -0.25) is 4.79 Å². The maximum absolute atomic E-state index is 12.2. The van der Waals surface area contributed by atoms with E-state index in [1.54, 1.807) is 0 Å². The lowest BCUT2D eigenvalue weighted by molar-refractivity contribution is -0.126. The van der Waals surface area contributed by atoms with E-state index in [1.165, 1.54) is 11.1 Å². The van der Waals surface area contributed by atoms with E-state index in [0.717, 1.165) is 32.1 Å². The molecule has 0 spiro atoms. The minimum atomic E-state index is 0.00235. The van der Waals surface area contributed by atoms with Crippen LogP contribution in [-0.4, -0.2) is 11.9 Å². The van der Waals surface area contributed by atoms with Crippen LogP contribution in [0.1, 0.15) is 43.7 Å². The molecule has 1 aliphatic rings. The Morgan fingerprint density at radius 2 is 1.95 bits per heavy atom. The van der Waals surface area contributed by atoms with Gasteiger partial charge in [0.25, 0.3) is 0 Å². The molecule has 1 saturated carbocycles. The first-order valence-corrected chi connectivity index (χ1v) is 7.32. The number of hydrogen-bond donors (Lipinski definition) is 2. The Hall–Kier alpha value is -1.35. The number of nitrogens with two attached hydrogens (primary N) is 1. The molecule has 19 heavy (non-hydrogen) atoms. The lowest BCUT2D eigenvalue weighted by Crippen LogP contribution is -2.43. The lowest BCUT2D eigenvalue weighted by atomic mass is 9.84. The van der Waals surface area contributed by atoms with Crippen LogP contribution >= 0.6 is 0 Å². The zero-order valence-electron chi connectivity index (χ0n) is 11.7. The minimum absolute atomic E-state index is 0.00235. The first kappa shape index (κ1) is 14.1. The van der Waals surface area contributed by atoms with Gasteiger partial charge in [0, 0.05) is 12.6 Å². The van der Waals surface area contributed by atoms with E-state index >= 15 is 0 Å². The second-order valence-electron chi connectivity index (χ2n) is 5.39. The monoisotopic (exact) mass is 260 g/mol. The van der Waals surface area contributed by atoms with Crippen molar-refractivity contribution in [1.82, 2.24) is 5.32 Å². The van der Waals surface area contributed by atoms with Crippen molar-refractivity contribution < 1.29 is 4.79 Å². The molecule has 1 aromatic carbocycles. The number of aryl methyl sites for hydroxylation is 1. The Morgan fingerprint density at radius 3 is 2.63 bits per heavy atom. The average molecular weight is 260 g/mol. The van der Waals surface area contributed by atoms with E-state index in [9.17, 15) is 4.79 Å². The van der Waals surface area contributed by atoms with Crippen LogP contribution in [0.3, 0.4) is 0 Å². The summed E-state index contributed by atoms with van der Waals surface area (Å²) in [7, 11) is 0. The third kappa shape index (κ3) is 3.57. The van der Waals surface area contributed by atoms with Gasteiger partial charge in [0.2, 0.25) is 5.91 Å². The van der Waals surface area contributed by atoms with Gasteiger partial charge in [0.1, 0.15) is 0 Å². The molecule has 1 amide bonds. The van der Waals surface area contributed by atoms with Crippen molar-refractivity contribution in [3.63, 3.8) is 0 Å². The fourth-order valence-electron chi connectivity index (χ4n) is 2.87. The largest absolute Gasteiger partial charge is 0.352 e. The zero-order chi connectivity index (χ0) is 13.7. The summed E-state index contributed by atoms with van der Waals surface area (Å²) in [5.74, 6) is 0.126. The van der Waals surface area contributed by atoms with Crippen LogP contribution in [0.5, 0.6) is 0 Å². The Labute approximate surface area is 115 Å². The molecule has 104 valence electrons. The van der Waals surface area contributed by atoms with Crippen LogP contribution in [0.4, 0.5) is 0 Å². The molecule has 2 rings (SSSR count). The average Bonchev–Trinajstić information content (AvgIpc) is 2.45. The topological polar surface area (TPSA) is 55.1 Å². The predicted octanol–water partition coefficient (Wildman–Crippen LogP) is 2.38. The third-order valence-electron chi connectivity index (χ3n) is 4.11. The second-order valence-corrected chi connectivity index (χ2v) is 5.39. The van der Waals surface area contributed by atoms with Gasteiger partial charge in [-0.25, -0.2) is 0 Å². The number of hydrogen-bond acceptors (Lipinski definition) is 2. The Kier molecular flexibility index (Phi) is 4.97. The molecule has 0 aliphatic heterocycles. The van der Waals surface area contributed by atoms with E-state index in [1.807, 2.05) is 12.1 Å². The number of benzene rings is 1. The third-order valence-corrected chi connectivity index (χ3v) is 4.11. The zero-order valence-corrected chi connectivity index (χ0v) is 11.7. The SMILES string of the molecule is CCc1ccccc1CNC(=O)C1CCCCC1N. The molecule has 0 aromatic heterocycles. The highest BCUT2D eigenvalue weighted by Gasteiger charge is 2.27. The van der Waals surface area contributed by atoms with E-state index in [4.69, 9.17) is 5.73 Å². The van der Waals surface area contributed by atoms with Crippen LogP contribution < -0.4 is 11.1 Å². The molecule has 0 radical (unpaired) electrons. The molecule has 3 heteroatoms. The first-order chi connectivity index (χ1) is 9.22. The molecule has 0 saturated heterocycles. The Balaban J connectivity index is 1.92. The maximum atomic E-state index is 12.2. The molecule has 3 nitrogen and oxygen atoms in total. The molecule has 1 fully saturated rings. The van der Waals surface area contributed by atoms with Gasteiger partial charge in [-0.05, 0) is 30.4 Å². The normalized spacial score (nSPS) is 23.1. The summed E-state index contributed by atoms with van der Waals surface area (Å²) in [6.45, 7) is 2.75. The van der Waals surface area contributed by atoms with Crippen LogP contribution in [-0.2, 0) is 17.8 Å². The van der Waals surface area contributed by atoms with Crippen molar-refractivity contribution in [2.45, 2.75) is 51.6 Å². The van der Waals surface area contributed by atoms with Crippen LogP contribution in [0.25, 0.3) is 0 Å². The van der Waals surface area contributed by atoms with Crippen molar-refractivity contribution in [1.29, 1.82) is 0 Å². The summed E-state index contributed by atoms with van der Waals surface area (Å²) >= 11 is 0. The summed E-state index contributed by atoms with van der Waals surface area (Å²) in [5, 5.41) is 3.05. The highest BCUT2D eigenvalue weighted by Crippen LogP contribution is 2.23. The van der Waals surface area contributed by atoms with Gasteiger partial charge in [0.05, 0.1) is 5.92 Å². The molecule has 3 N–H and O–H groups in total. The number of carbonyl (C=O) groups is 1. The standard InChI is InChI=1S/C16H24N2O/c1-2-12-7-3-4-8-13(12)11-18-16(19)14-9-5-6-10-15(14)17/h3-4,7-8,14-15H,2,5-6,9-11,17H2,1H3,(H,18,19). The first-order valence-electron chi connectivity index (χ1n) is 7.32. The summed E-state index contributed by atoms with van der Waals surface area (Å²) in [5.41, 5.74) is 8.56. The van der Waals surface area contributed by atoms with Gasteiger partial charge < -0.3 is 11.1 Å². The van der Waals surface area contributed by atoms with Gasteiger partial charge in [-0.1, -0.05) is 44.0 Å². The molecule has 2 atom stereocenters. The molecular weight excluding hydrogens is 236 g/mol. The van der Waals surface area contributed by atoms with Gasteiger partial charge in [-0.15, -0.1) is 0 Å². The van der Waals surface area contributed by atoms with Crippen LogP contribution in [0.2, 0.25) is 0 Å². The van der Waals surface area contributed by atoms with E-state index in [-0.39, 0.29) is 17.9 Å². The number of nitrogens with one attached hydrogen (secondary N) is 1. The van der Waals surface area contributed by atoms with Crippen molar-refractivity contribution in [3.8, 4) is 0 Å². The summed E-state index contributed by atoms with van der Waals surface area (Å²) in [4.78, 5) is 12.2. The van der Waals surface area contributed by atoms with E-state index in [0.29, 0.717) is 6.54 Å². The molecule has 0 bridgehead atoms. The quantitative estimate of drug-likeness (QED) is 0.873. The Morgan fingerprint density at radius 1 is 1.26 bits per heavy atom. The van der Waals surface area contributed by atoms with Gasteiger partial charge in [-0.2, -0.15) is 0 Å². The van der Waals surface area contributed by atoms with Gasteiger partial charge in [0.15, 0.2) is 0 Å². The highest BCUT2D eigenvalue weighted by atomic mass is 16.1. The fourth-order valence-corrected chi connectivity index (χ4v) is 2.87. The fraction of sp³-hybridized carbons (Fsp3) is 0.562. The maximum Gasteiger partial charge on any atom is 0.224 e. The van der Waals surface area contributed by atoms with Crippen LogP contribution in [0.15, 0.2) is 24.3 Å². The molecule has 0 heterocycles. The summed E-state index contributed by atoms with van der Waals surface area (Å²) in [6.07, 6.45) is 5.18. The van der Waals surface area contributed by atoms with Gasteiger partial charge >= 0.3 is 0 Å². The minimum Gasteiger partial charge on any atom is -0.352 e. The highest BCUT2D eigenvalue weighted by molar-refractivity contribution is 5.79. The van der Waals surface area contributed by atoms with E-state index in [2.05, 4.69) is 24.4 Å². The van der Waals surface area contributed by atoms with Crippen molar-refractivity contribution >= 4 is 5.91 Å². The van der Waals surface area contributed by atoms with E-state index < -0.39 is 0 Å². The molecule has 1 aliphatic carbocycles. The molecular formula is C16H24N2O. The number of carbonyl (C=O) groups excluding carboxylic acids is 1. The summed E-state index contributed by atoms with van der Waals surface area (Å²) < 4.78 is 0. The van der Waals surface area contributed by atoms with Crippen LogP contribution in [0, 0.1) is 5.92 Å². The summed E-state index contributed by atoms with van der Waals surface area (Å²) in [6, 6.07) is 8.30. The Bertz CT molecular complexity index is 431.